The fourth-order valence-electron chi connectivity index (χ4n) is 3.01. The zero-order valence-electron chi connectivity index (χ0n) is 13.6. The van der Waals surface area contributed by atoms with Crippen molar-refractivity contribution < 1.29 is 20.7 Å². The summed E-state index contributed by atoms with van der Waals surface area (Å²) in [7, 11) is 0. The lowest BCUT2D eigenvalue weighted by atomic mass is 9.95. The van der Waals surface area contributed by atoms with Crippen LogP contribution in [-0.4, -0.2) is 31.5 Å². The average Bonchev–Trinajstić information content (AvgIpc) is 2.62. The number of rotatable bonds is 3. The molecule has 23 heavy (non-hydrogen) atoms. The molecule has 1 saturated heterocycles. The van der Waals surface area contributed by atoms with E-state index in [9.17, 15) is 0 Å². The number of ether oxygens (including phenoxy) is 3. The summed E-state index contributed by atoms with van der Waals surface area (Å²) in [6, 6.07) is 11.9. The Morgan fingerprint density at radius 3 is 2.78 bits per heavy atom. The quantitative estimate of drug-likeness (QED) is 0.936. The van der Waals surface area contributed by atoms with Crippen LogP contribution in [0.2, 0.25) is 0 Å². The lowest BCUT2D eigenvalue weighted by Crippen LogP contribution is -2.41. The van der Waals surface area contributed by atoms with Gasteiger partial charge in [0.1, 0.15) is 12.4 Å². The molecule has 2 heterocycles. The van der Waals surface area contributed by atoms with Crippen molar-refractivity contribution in [2.24, 2.45) is 0 Å². The normalized spacial score (nSPS) is 18.9. The van der Waals surface area contributed by atoms with Crippen LogP contribution >= 0.6 is 11.8 Å². The summed E-state index contributed by atoms with van der Waals surface area (Å²) in [6.45, 7) is 1.30. The van der Waals surface area contributed by atoms with Gasteiger partial charge in [-0.3, -0.25) is 0 Å². The van der Waals surface area contributed by atoms with Gasteiger partial charge in [0.05, 0.1) is 26.1 Å². The number of aliphatic hydroxyl groups excluding tert-OH is 1. The molecule has 1 fully saturated rings. The second-order valence-electron chi connectivity index (χ2n) is 5.39. The summed E-state index contributed by atoms with van der Waals surface area (Å²) in [5.74, 6) is -0.473. The van der Waals surface area contributed by atoms with Crippen molar-refractivity contribution in [2.75, 3.05) is 26.4 Å². The van der Waals surface area contributed by atoms with Gasteiger partial charge in [-0.05, 0) is 18.5 Å². The Morgan fingerprint density at radius 1 is 1.17 bits per heavy atom. The predicted octanol–water partition coefficient (Wildman–Crippen LogP) is 3.16. The lowest BCUT2D eigenvalue weighted by Gasteiger charge is -2.42. The SMILES string of the molecule is [2H]c1ccc2c(c1OCCO)Sc1ccccc1C21OCCCO1. The minimum absolute atomic E-state index is 0.0947. The van der Waals surface area contributed by atoms with Gasteiger partial charge in [-0.1, -0.05) is 42.1 Å². The van der Waals surface area contributed by atoms with Crippen LogP contribution in [0.5, 0.6) is 5.75 Å². The van der Waals surface area contributed by atoms with E-state index in [1.54, 1.807) is 17.8 Å². The topological polar surface area (TPSA) is 47.9 Å². The fraction of sp³-hybridized carbons (Fsp3) is 0.333. The summed E-state index contributed by atoms with van der Waals surface area (Å²) < 4.78 is 26.2. The maximum atomic E-state index is 9.08. The third-order valence-electron chi connectivity index (χ3n) is 3.96. The third-order valence-corrected chi connectivity index (χ3v) is 5.15. The minimum atomic E-state index is -0.944. The number of hydrogen-bond donors (Lipinski definition) is 1. The van der Waals surface area contributed by atoms with E-state index in [0.29, 0.717) is 25.0 Å². The molecule has 0 radical (unpaired) electrons. The largest absolute Gasteiger partial charge is 0.490 e. The number of benzene rings is 2. The highest BCUT2D eigenvalue weighted by Gasteiger charge is 2.45. The first kappa shape index (κ1) is 13.9. The van der Waals surface area contributed by atoms with Crippen molar-refractivity contribution in [2.45, 2.75) is 22.0 Å². The van der Waals surface area contributed by atoms with Crippen molar-refractivity contribution in [3.8, 4) is 5.75 Å². The second-order valence-corrected chi connectivity index (χ2v) is 6.44. The molecule has 120 valence electrons. The van der Waals surface area contributed by atoms with Crippen molar-refractivity contribution in [3.63, 3.8) is 0 Å². The Kier molecular flexibility index (Phi) is 3.72. The van der Waals surface area contributed by atoms with E-state index >= 15 is 0 Å². The molecule has 1 N–H and O–H groups in total. The Bertz CT molecular complexity index is 759. The van der Waals surface area contributed by atoms with Gasteiger partial charge in [-0.2, -0.15) is 0 Å². The second kappa shape index (κ2) is 6.17. The van der Waals surface area contributed by atoms with Crippen LogP contribution in [-0.2, 0) is 15.3 Å². The molecular formula is C18H18O4S. The highest BCUT2D eigenvalue weighted by molar-refractivity contribution is 7.99. The summed E-state index contributed by atoms with van der Waals surface area (Å²) in [5.41, 5.74) is 1.86. The van der Waals surface area contributed by atoms with Crippen LogP contribution in [0.4, 0.5) is 0 Å². The minimum Gasteiger partial charge on any atom is -0.490 e. The van der Waals surface area contributed by atoms with Crippen LogP contribution in [0.3, 0.4) is 0 Å². The van der Waals surface area contributed by atoms with E-state index in [-0.39, 0.29) is 13.2 Å². The Labute approximate surface area is 140 Å². The number of hydrogen-bond acceptors (Lipinski definition) is 5. The summed E-state index contributed by atoms with van der Waals surface area (Å²) >= 11 is 1.55. The lowest BCUT2D eigenvalue weighted by molar-refractivity contribution is -0.252. The molecule has 1 spiro atoms. The Morgan fingerprint density at radius 2 is 1.96 bits per heavy atom. The van der Waals surface area contributed by atoms with Crippen molar-refractivity contribution in [1.29, 1.82) is 0 Å². The molecular weight excluding hydrogens is 312 g/mol. The maximum Gasteiger partial charge on any atom is 0.224 e. The van der Waals surface area contributed by atoms with Crippen LogP contribution in [0.1, 0.15) is 18.9 Å². The van der Waals surface area contributed by atoms with Crippen LogP contribution in [0.25, 0.3) is 0 Å². The highest BCUT2D eigenvalue weighted by atomic mass is 32.2. The molecule has 2 aliphatic heterocycles. The third kappa shape index (κ3) is 2.44. The molecule has 0 unspecified atom stereocenters. The number of fused-ring (bicyclic) bond motifs is 4. The Balaban J connectivity index is 1.91. The smallest absolute Gasteiger partial charge is 0.224 e. The summed E-state index contributed by atoms with van der Waals surface area (Å²) in [6.07, 6.45) is 0.858. The zero-order chi connectivity index (χ0) is 16.6. The molecule has 0 aliphatic carbocycles. The maximum absolute atomic E-state index is 9.08. The fourth-order valence-corrected chi connectivity index (χ4v) is 4.21. The highest BCUT2D eigenvalue weighted by Crippen LogP contribution is 2.54. The first-order valence-corrected chi connectivity index (χ1v) is 8.51. The van der Waals surface area contributed by atoms with E-state index < -0.39 is 5.79 Å². The molecule has 2 aliphatic rings. The van der Waals surface area contributed by atoms with Gasteiger partial charge in [-0.25, -0.2) is 0 Å². The van der Waals surface area contributed by atoms with Crippen molar-refractivity contribution in [3.05, 3.63) is 53.6 Å². The molecule has 4 rings (SSSR count). The van der Waals surface area contributed by atoms with E-state index in [1.165, 1.54) is 0 Å². The van der Waals surface area contributed by atoms with E-state index in [1.807, 2.05) is 30.3 Å². The predicted molar refractivity (Wildman–Crippen MR) is 86.9 cm³/mol. The van der Waals surface area contributed by atoms with Gasteiger partial charge in [-0.15, -0.1) is 0 Å². The Hall–Kier alpha value is -1.53. The van der Waals surface area contributed by atoms with Gasteiger partial charge in [0.15, 0.2) is 0 Å². The summed E-state index contributed by atoms with van der Waals surface area (Å²) in [5, 5.41) is 9.08. The van der Waals surface area contributed by atoms with Gasteiger partial charge < -0.3 is 19.3 Å². The van der Waals surface area contributed by atoms with Gasteiger partial charge >= 0.3 is 0 Å². The molecule has 0 saturated carbocycles. The molecule has 2 aromatic rings. The van der Waals surface area contributed by atoms with Gasteiger partial charge in [0.25, 0.3) is 0 Å². The van der Waals surface area contributed by atoms with Crippen molar-refractivity contribution in [1.82, 2.24) is 0 Å². The molecule has 0 aromatic heterocycles. The van der Waals surface area contributed by atoms with E-state index in [0.717, 1.165) is 27.3 Å². The van der Waals surface area contributed by atoms with Crippen LogP contribution < -0.4 is 4.74 Å². The molecule has 0 amide bonds. The molecule has 0 bridgehead atoms. The standard InChI is InChI=1S/C18H18O4S/c19-9-12-20-15-7-3-6-14-17(15)23-16-8-2-1-5-13(16)18(14)21-10-4-11-22-18/h1-3,5-8,19H,4,9-12H2/i7D. The van der Waals surface area contributed by atoms with Crippen molar-refractivity contribution >= 4 is 11.8 Å². The average molecular weight is 331 g/mol. The van der Waals surface area contributed by atoms with Crippen LogP contribution in [0, 0.1) is 0 Å². The monoisotopic (exact) mass is 331 g/mol. The molecule has 4 nitrogen and oxygen atoms in total. The molecule has 2 aromatic carbocycles. The van der Waals surface area contributed by atoms with Gasteiger partial charge in [0.2, 0.25) is 5.79 Å². The molecule has 5 heteroatoms. The van der Waals surface area contributed by atoms with E-state index in [2.05, 4.69) is 0 Å². The van der Waals surface area contributed by atoms with Crippen LogP contribution in [0.15, 0.2) is 52.2 Å². The molecule has 0 atom stereocenters. The van der Waals surface area contributed by atoms with E-state index in [4.69, 9.17) is 20.7 Å². The first-order valence-electron chi connectivity index (χ1n) is 8.19. The number of aliphatic hydroxyl groups is 1. The first-order chi connectivity index (χ1) is 11.8. The zero-order valence-corrected chi connectivity index (χ0v) is 13.4. The summed E-state index contributed by atoms with van der Waals surface area (Å²) in [4.78, 5) is 1.86. The van der Waals surface area contributed by atoms with Gasteiger partial charge in [0, 0.05) is 16.0 Å².